The highest BCUT2D eigenvalue weighted by molar-refractivity contribution is 7.91. The van der Waals surface area contributed by atoms with Gasteiger partial charge >= 0.3 is 5.97 Å². The number of rotatable bonds is 4. The van der Waals surface area contributed by atoms with Crippen molar-refractivity contribution in [2.45, 2.75) is 24.7 Å². The Hall–Kier alpha value is -1.28. The van der Waals surface area contributed by atoms with Gasteiger partial charge in [-0.3, -0.25) is 0 Å². The molecule has 0 aliphatic carbocycles. The van der Waals surface area contributed by atoms with E-state index in [1.54, 1.807) is 6.92 Å². The molecule has 1 aromatic heterocycles. The molecule has 1 fully saturated rings. The molecule has 2 rings (SSSR count). The van der Waals surface area contributed by atoms with Crippen LogP contribution in [-0.2, 0) is 14.6 Å². The molecule has 1 aliphatic heterocycles. The second kappa shape index (κ2) is 5.61. The predicted molar refractivity (Wildman–Crippen MR) is 79.2 cm³/mol. The van der Waals surface area contributed by atoms with Crippen molar-refractivity contribution >= 4 is 37.8 Å². The normalized spacial score (nSPS) is 15.6. The van der Waals surface area contributed by atoms with E-state index in [-0.39, 0.29) is 22.1 Å². The highest BCUT2D eigenvalue weighted by atomic mass is 32.2. The first-order chi connectivity index (χ1) is 9.36. The van der Waals surface area contributed by atoms with E-state index < -0.39 is 15.8 Å². The second-order valence-corrected chi connectivity index (χ2v) is 7.62. The third-order valence-corrected chi connectivity index (χ3v) is 5.64. The Morgan fingerprint density at radius 1 is 1.40 bits per heavy atom. The Bertz CT molecular complexity index is 616. The van der Waals surface area contributed by atoms with Crippen molar-refractivity contribution in [2.24, 2.45) is 0 Å². The number of nitrogens with zero attached hydrogens (tertiary/aromatic N) is 1. The molecule has 8 heteroatoms. The maximum absolute atomic E-state index is 12.0. The Balaban J connectivity index is 2.55. The number of hydrogen-bond donors (Lipinski definition) is 1. The summed E-state index contributed by atoms with van der Waals surface area (Å²) in [4.78, 5) is 14.1. The van der Waals surface area contributed by atoms with Crippen molar-refractivity contribution in [3.63, 3.8) is 0 Å². The lowest BCUT2D eigenvalue weighted by molar-refractivity contribution is 0.0533. The maximum atomic E-state index is 12.0. The second-order valence-electron chi connectivity index (χ2n) is 4.67. The van der Waals surface area contributed by atoms with Crippen molar-refractivity contribution < 1.29 is 17.9 Å². The molecule has 112 valence electrons. The van der Waals surface area contributed by atoms with Crippen LogP contribution in [0.1, 0.15) is 29.4 Å². The lowest BCUT2D eigenvalue weighted by Gasteiger charge is -2.16. The third-order valence-electron chi connectivity index (χ3n) is 3.11. The molecule has 0 unspecified atom stereocenters. The van der Waals surface area contributed by atoms with Crippen LogP contribution < -0.4 is 10.6 Å². The van der Waals surface area contributed by atoms with Crippen molar-refractivity contribution in [3.05, 3.63) is 4.88 Å². The summed E-state index contributed by atoms with van der Waals surface area (Å²) >= 11 is 1.11. The first kappa shape index (κ1) is 15.1. The van der Waals surface area contributed by atoms with Gasteiger partial charge in [-0.15, -0.1) is 11.3 Å². The van der Waals surface area contributed by atoms with Gasteiger partial charge in [-0.25, -0.2) is 13.2 Å². The predicted octanol–water partition coefficient (Wildman–Crippen LogP) is 1.51. The summed E-state index contributed by atoms with van der Waals surface area (Å²) in [6.07, 6.45) is 3.13. The van der Waals surface area contributed by atoms with Crippen LogP contribution in [-0.4, -0.2) is 40.3 Å². The first-order valence-electron chi connectivity index (χ1n) is 6.40. The van der Waals surface area contributed by atoms with Gasteiger partial charge in [0, 0.05) is 19.3 Å². The van der Waals surface area contributed by atoms with E-state index in [0.29, 0.717) is 5.00 Å². The van der Waals surface area contributed by atoms with E-state index in [1.165, 1.54) is 0 Å². The van der Waals surface area contributed by atoms with Gasteiger partial charge in [-0.05, 0) is 19.8 Å². The summed E-state index contributed by atoms with van der Waals surface area (Å²) in [6, 6.07) is 0. The van der Waals surface area contributed by atoms with E-state index in [9.17, 15) is 13.2 Å². The average Bonchev–Trinajstić information content (AvgIpc) is 2.94. The molecule has 20 heavy (non-hydrogen) atoms. The molecule has 0 spiro atoms. The van der Waals surface area contributed by atoms with Crippen LogP contribution in [0.4, 0.5) is 10.7 Å². The first-order valence-corrected chi connectivity index (χ1v) is 9.11. The summed E-state index contributed by atoms with van der Waals surface area (Å²) in [5.74, 6) is -0.564. The molecule has 1 aromatic rings. The smallest absolute Gasteiger partial charge is 0.350 e. The third kappa shape index (κ3) is 2.76. The SMILES string of the molecule is CCOC(=O)c1sc(N2CCCC2)c(S(C)(=O)=O)c1N. The summed E-state index contributed by atoms with van der Waals surface area (Å²) in [5, 5.41) is 0.561. The van der Waals surface area contributed by atoms with Crippen LogP contribution in [0.15, 0.2) is 4.90 Å². The molecule has 0 atom stereocenters. The number of hydrogen-bond acceptors (Lipinski definition) is 7. The molecular formula is C12H18N2O4S2. The molecule has 0 saturated carbocycles. The molecule has 0 amide bonds. The van der Waals surface area contributed by atoms with Gasteiger partial charge in [-0.2, -0.15) is 0 Å². The minimum absolute atomic E-state index is 0.0119. The number of nitrogen functional groups attached to an aromatic ring is 1. The number of carbonyl (C=O) groups excluding carboxylic acids is 1. The minimum Gasteiger partial charge on any atom is -0.462 e. The molecule has 2 N–H and O–H groups in total. The summed E-state index contributed by atoms with van der Waals surface area (Å²) in [7, 11) is -3.49. The Labute approximate surface area is 122 Å². The number of nitrogens with two attached hydrogens (primary N) is 1. The average molecular weight is 318 g/mol. The Morgan fingerprint density at radius 3 is 2.50 bits per heavy atom. The van der Waals surface area contributed by atoms with Crippen LogP contribution in [0.2, 0.25) is 0 Å². The molecule has 6 nitrogen and oxygen atoms in total. The van der Waals surface area contributed by atoms with E-state index in [0.717, 1.165) is 43.5 Å². The topological polar surface area (TPSA) is 89.7 Å². The van der Waals surface area contributed by atoms with Gasteiger partial charge < -0.3 is 15.4 Å². The fourth-order valence-corrected chi connectivity index (χ4v) is 4.90. The van der Waals surface area contributed by atoms with Crippen LogP contribution in [0, 0.1) is 0 Å². The lowest BCUT2D eigenvalue weighted by atomic mass is 10.4. The molecular weight excluding hydrogens is 300 g/mol. The lowest BCUT2D eigenvalue weighted by Crippen LogP contribution is -2.18. The zero-order valence-electron chi connectivity index (χ0n) is 11.5. The molecule has 1 aliphatic rings. The number of ether oxygens (including phenoxy) is 1. The molecule has 0 radical (unpaired) electrons. The number of anilines is 2. The monoisotopic (exact) mass is 318 g/mol. The van der Waals surface area contributed by atoms with E-state index >= 15 is 0 Å². The molecule has 1 saturated heterocycles. The van der Waals surface area contributed by atoms with Gasteiger partial charge in [0.1, 0.15) is 14.8 Å². The maximum Gasteiger partial charge on any atom is 0.350 e. The fraction of sp³-hybridized carbons (Fsp3) is 0.583. The summed E-state index contributed by atoms with van der Waals surface area (Å²) in [5.41, 5.74) is 5.90. The number of thiophene rings is 1. The highest BCUT2D eigenvalue weighted by Gasteiger charge is 2.31. The standard InChI is InChI=1S/C12H18N2O4S2/c1-3-18-12(15)9-8(13)10(20(2,16)17)11(19-9)14-6-4-5-7-14/h3-7,13H2,1-2H3. The van der Waals surface area contributed by atoms with Crippen LogP contribution in [0.5, 0.6) is 0 Å². The Kier molecular flexibility index (Phi) is 4.24. The summed E-state index contributed by atoms with van der Waals surface area (Å²) < 4.78 is 28.9. The largest absolute Gasteiger partial charge is 0.462 e. The van der Waals surface area contributed by atoms with Crippen LogP contribution in [0.25, 0.3) is 0 Å². The van der Waals surface area contributed by atoms with Crippen LogP contribution >= 0.6 is 11.3 Å². The quantitative estimate of drug-likeness (QED) is 0.846. The van der Waals surface area contributed by atoms with Crippen molar-refractivity contribution in [1.29, 1.82) is 0 Å². The Morgan fingerprint density at radius 2 is 2.00 bits per heavy atom. The van der Waals surface area contributed by atoms with Gasteiger partial charge in [0.15, 0.2) is 9.84 Å². The number of carbonyl (C=O) groups is 1. The molecule has 0 aromatic carbocycles. The van der Waals surface area contributed by atoms with E-state index in [2.05, 4.69) is 0 Å². The van der Waals surface area contributed by atoms with Gasteiger partial charge in [0.05, 0.1) is 12.3 Å². The highest BCUT2D eigenvalue weighted by Crippen LogP contribution is 2.42. The zero-order valence-corrected chi connectivity index (χ0v) is 13.1. The van der Waals surface area contributed by atoms with Crippen molar-refractivity contribution in [3.8, 4) is 0 Å². The molecule has 2 heterocycles. The minimum atomic E-state index is -3.49. The van der Waals surface area contributed by atoms with Crippen molar-refractivity contribution in [1.82, 2.24) is 0 Å². The summed E-state index contributed by atoms with van der Waals surface area (Å²) in [6.45, 7) is 3.49. The molecule has 0 bridgehead atoms. The van der Waals surface area contributed by atoms with Gasteiger partial charge in [0.25, 0.3) is 0 Å². The zero-order chi connectivity index (χ0) is 14.9. The number of esters is 1. The van der Waals surface area contributed by atoms with Crippen LogP contribution in [0.3, 0.4) is 0 Å². The van der Waals surface area contributed by atoms with E-state index in [4.69, 9.17) is 10.5 Å². The fourth-order valence-electron chi connectivity index (χ4n) is 2.25. The number of sulfone groups is 1. The van der Waals surface area contributed by atoms with E-state index in [1.807, 2.05) is 4.90 Å². The van der Waals surface area contributed by atoms with Crippen molar-refractivity contribution in [2.75, 3.05) is 36.6 Å². The van der Waals surface area contributed by atoms with Gasteiger partial charge in [-0.1, -0.05) is 0 Å². The van der Waals surface area contributed by atoms with Gasteiger partial charge in [0.2, 0.25) is 0 Å².